The molecule has 34 heavy (non-hydrogen) atoms. The van der Waals surface area contributed by atoms with Crippen LogP contribution in [0.5, 0.6) is 0 Å². The van der Waals surface area contributed by atoms with Crippen LogP contribution in [0.25, 0.3) is 0 Å². The molecule has 10 nitrogen and oxygen atoms in total. The summed E-state index contributed by atoms with van der Waals surface area (Å²) in [5.74, 6) is -5.85. The molecule has 10 heteroatoms. The van der Waals surface area contributed by atoms with Crippen molar-refractivity contribution in [3.63, 3.8) is 0 Å². The molecule has 0 radical (unpaired) electrons. The lowest BCUT2D eigenvalue weighted by Gasteiger charge is -2.26. The second-order valence-electron chi connectivity index (χ2n) is 7.30. The van der Waals surface area contributed by atoms with E-state index in [2.05, 4.69) is 0 Å². The molecular formula is C24H54O10. The molecule has 0 saturated heterocycles. The van der Waals surface area contributed by atoms with E-state index < -0.39 is 47.1 Å². The predicted molar refractivity (Wildman–Crippen MR) is 137 cm³/mol. The first-order valence-corrected chi connectivity index (χ1v) is 8.75. The second-order valence-corrected chi connectivity index (χ2v) is 7.30. The van der Waals surface area contributed by atoms with E-state index in [1.54, 1.807) is 13.8 Å². The third kappa shape index (κ3) is 21.2. The first-order valence-electron chi connectivity index (χ1n) is 8.75. The Balaban J connectivity index is -0.0000000596. The lowest BCUT2D eigenvalue weighted by Crippen LogP contribution is -2.33. The molecule has 0 fully saturated rings. The minimum atomic E-state index is -1.41. The fraction of sp³-hybridized carbons (Fsp3) is 0.792. The molecule has 0 aromatic carbocycles. The van der Waals surface area contributed by atoms with Gasteiger partial charge in [0.15, 0.2) is 0 Å². The van der Waals surface area contributed by atoms with Crippen LogP contribution < -0.4 is 0 Å². The molecule has 3 unspecified atom stereocenters. The standard InChI is InChI=1S/C11H18O6.C7H12O4.6CH4/c1-3-7(4-8(12)13)5-11(2,10(16)17)6-9(14)15;1-3-7(2,6(10)11)4-5(8)9;;;;;;/h7H,3-6H2,1-2H3,(H,12,13)(H,14,15)(H,16,17);3-4H2,1-2H3,(H,8,9)(H,10,11);6*1H4. The van der Waals surface area contributed by atoms with Gasteiger partial charge in [0, 0.05) is 6.42 Å². The molecule has 0 rings (SSSR count). The van der Waals surface area contributed by atoms with Crippen LogP contribution in [0.1, 0.15) is 111 Å². The summed E-state index contributed by atoms with van der Waals surface area (Å²) in [7, 11) is 0. The topological polar surface area (TPSA) is 186 Å². The van der Waals surface area contributed by atoms with Crippen LogP contribution in [0.3, 0.4) is 0 Å². The summed E-state index contributed by atoms with van der Waals surface area (Å²) >= 11 is 0. The molecule has 0 heterocycles. The van der Waals surface area contributed by atoms with Crippen LogP contribution in [0.15, 0.2) is 0 Å². The number of aliphatic carboxylic acids is 5. The van der Waals surface area contributed by atoms with Gasteiger partial charge in [-0.3, -0.25) is 24.0 Å². The predicted octanol–water partition coefficient (Wildman–Crippen LogP) is 6.22. The zero-order valence-electron chi connectivity index (χ0n) is 16.6. The lowest BCUT2D eigenvalue weighted by atomic mass is 9.76. The fourth-order valence-corrected chi connectivity index (χ4v) is 2.50. The van der Waals surface area contributed by atoms with Gasteiger partial charge in [-0.1, -0.05) is 64.8 Å². The molecule has 0 amide bonds. The number of carbonyl (C=O) groups is 5. The maximum atomic E-state index is 11.1. The molecule has 210 valence electrons. The van der Waals surface area contributed by atoms with Gasteiger partial charge in [0.1, 0.15) is 0 Å². The summed E-state index contributed by atoms with van der Waals surface area (Å²) < 4.78 is 0. The Morgan fingerprint density at radius 2 is 0.941 bits per heavy atom. The maximum Gasteiger partial charge on any atom is 0.309 e. The van der Waals surface area contributed by atoms with E-state index in [1.165, 1.54) is 13.8 Å². The van der Waals surface area contributed by atoms with Gasteiger partial charge < -0.3 is 25.5 Å². The number of hydrogen-bond acceptors (Lipinski definition) is 5. The van der Waals surface area contributed by atoms with Crippen molar-refractivity contribution in [2.45, 2.75) is 111 Å². The summed E-state index contributed by atoms with van der Waals surface area (Å²) in [5.41, 5.74) is -2.53. The average molecular weight is 503 g/mol. The van der Waals surface area contributed by atoms with Gasteiger partial charge in [0.25, 0.3) is 0 Å². The monoisotopic (exact) mass is 502 g/mol. The van der Waals surface area contributed by atoms with Crippen molar-refractivity contribution in [2.24, 2.45) is 16.7 Å². The number of hydrogen-bond donors (Lipinski definition) is 5. The Bertz CT molecular complexity index is 588. The smallest absolute Gasteiger partial charge is 0.309 e. The van der Waals surface area contributed by atoms with E-state index in [0.717, 1.165) is 0 Å². The first kappa shape index (κ1) is 53.0. The number of rotatable bonds is 12. The van der Waals surface area contributed by atoms with Crippen LogP contribution in [0, 0.1) is 16.7 Å². The van der Waals surface area contributed by atoms with Crippen molar-refractivity contribution in [3.05, 3.63) is 0 Å². The van der Waals surface area contributed by atoms with Gasteiger partial charge in [-0.25, -0.2) is 0 Å². The highest BCUT2D eigenvalue weighted by Crippen LogP contribution is 2.33. The number of carboxylic acid groups (broad SMARTS) is 5. The first-order chi connectivity index (χ1) is 12.6. The van der Waals surface area contributed by atoms with Gasteiger partial charge >= 0.3 is 29.8 Å². The van der Waals surface area contributed by atoms with E-state index in [9.17, 15) is 24.0 Å². The lowest BCUT2D eigenvalue weighted by molar-refractivity contribution is -0.156. The molecule has 0 aliphatic carbocycles. The van der Waals surface area contributed by atoms with Crippen LogP contribution in [0.2, 0.25) is 0 Å². The minimum absolute atomic E-state index is 0. The van der Waals surface area contributed by atoms with Gasteiger partial charge in [-0.15, -0.1) is 0 Å². The van der Waals surface area contributed by atoms with E-state index in [-0.39, 0.29) is 69.7 Å². The summed E-state index contributed by atoms with van der Waals surface area (Å²) in [6, 6.07) is 0. The zero-order valence-corrected chi connectivity index (χ0v) is 16.6. The molecule has 0 aliphatic heterocycles. The fourth-order valence-electron chi connectivity index (χ4n) is 2.50. The van der Waals surface area contributed by atoms with E-state index in [1.807, 2.05) is 0 Å². The Morgan fingerprint density at radius 1 is 0.618 bits per heavy atom. The Kier molecular flexibility index (Phi) is 36.6. The Hall–Kier alpha value is -2.65. The zero-order chi connectivity index (χ0) is 22.7. The van der Waals surface area contributed by atoms with Crippen molar-refractivity contribution in [2.75, 3.05) is 0 Å². The Morgan fingerprint density at radius 3 is 1.12 bits per heavy atom. The van der Waals surface area contributed by atoms with Crippen molar-refractivity contribution in [1.29, 1.82) is 0 Å². The highest BCUT2D eigenvalue weighted by molar-refractivity contribution is 5.81. The van der Waals surface area contributed by atoms with Gasteiger partial charge in [0.05, 0.1) is 23.7 Å². The maximum absolute atomic E-state index is 11.1. The molecule has 0 bridgehead atoms. The van der Waals surface area contributed by atoms with Crippen molar-refractivity contribution >= 4 is 29.8 Å². The molecule has 3 atom stereocenters. The molecule has 0 aromatic heterocycles. The van der Waals surface area contributed by atoms with E-state index in [4.69, 9.17) is 25.5 Å². The molecular weight excluding hydrogens is 448 g/mol. The third-order valence-corrected chi connectivity index (χ3v) is 4.68. The summed E-state index contributed by atoms with van der Waals surface area (Å²) in [4.78, 5) is 53.0. The highest BCUT2D eigenvalue weighted by atomic mass is 16.4. The third-order valence-electron chi connectivity index (χ3n) is 4.68. The van der Waals surface area contributed by atoms with Gasteiger partial charge in [-0.2, -0.15) is 0 Å². The Labute approximate surface area is 207 Å². The molecule has 5 N–H and O–H groups in total. The quantitative estimate of drug-likeness (QED) is 0.205. The van der Waals surface area contributed by atoms with E-state index in [0.29, 0.717) is 12.8 Å². The largest absolute Gasteiger partial charge is 0.481 e. The summed E-state index contributed by atoms with van der Waals surface area (Å²) in [6.45, 7) is 6.20. The average Bonchev–Trinajstić information content (AvgIpc) is 2.52. The van der Waals surface area contributed by atoms with Crippen molar-refractivity contribution < 1.29 is 49.5 Å². The molecule has 0 spiro atoms. The van der Waals surface area contributed by atoms with Crippen molar-refractivity contribution in [3.8, 4) is 0 Å². The highest BCUT2D eigenvalue weighted by Gasteiger charge is 2.38. The van der Waals surface area contributed by atoms with Crippen molar-refractivity contribution in [1.82, 2.24) is 0 Å². The van der Waals surface area contributed by atoms with Crippen LogP contribution >= 0.6 is 0 Å². The summed E-state index contributed by atoms with van der Waals surface area (Å²) in [6.07, 6.45) is -0.0723. The minimum Gasteiger partial charge on any atom is -0.481 e. The normalized spacial score (nSPS) is 12.9. The number of carboxylic acids is 5. The van der Waals surface area contributed by atoms with Gasteiger partial charge in [-0.05, 0) is 32.6 Å². The van der Waals surface area contributed by atoms with Crippen LogP contribution in [0.4, 0.5) is 0 Å². The molecule has 0 saturated carbocycles. The van der Waals surface area contributed by atoms with Gasteiger partial charge in [0.2, 0.25) is 0 Å². The molecule has 0 aliphatic rings. The molecule has 0 aromatic rings. The van der Waals surface area contributed by atoms with Crippen LogP contribution in [-0.4, -0.2) is 55.4 Å². The summed E-state index contributed by atoms with van der Waals surface area (Å²) in [5, 5.41) is 43.4. The second kappa shape index (κ2) is 23.5. The SMILES string of the molecule is C.C.C.C.C.C.CCC(C)(CC(=O)O)C(=O)O.CCC(CC(=O)O)CC(C)(CC(=O)O)C(=O)O. The van der Waals surface area contributed by atoms with E-state index >= 15 is 0 Å². The van der Waals surface area contributed by atoms with Crippen LogP contribution in [-0.2, 0) is 24.0 Å².